The molecule has 1 amide bonds. The molecule has 186 valence electrons. The normalized spacial score (nSPS) is 17.9. The Balaban J connectivity index is 1.72. The maximum atomic E-state index is 13.6. The number of rotatable bonds is 10. The zero-order valence-corrected chi connectivity index (χ0v) is 20.6. The number of likely N-dealkylation sites (tertiary alicyclic amines) is 1. The topological polar surface area (TPSA) is 96.2 Å². The number of hydrogen-bond donors (Lipinski definition) is 1. The van der Waals surface area contributed by atoms with Crippen LogP contribution in [-0.2, 0) is 0 Å². The highest BCUT2D eigenvalue weighted by molar-refractivity contribution is 6.06. The number of aromatic nitrogens is 5. The number of allylic oxidation sites excluding steroid dienone is 1. The Kier molecular flexibility index (Phi) is 7.73. The number of unbranched alkanes of at least 4 members (excludes halogenated alkanes) is 5. The maximum absolute atomic E-state index is 13.6. The van der Waals surface area contributed by atoms with Crippen molar-refractivity contribution in [2.24, 2.45) is 5.92 Å². The molecule has 3 aromatic heterocycles. The first-order valence-corrected chi connectivity index (χ1v) is 12.4. The SMILES string of the molecule is CCCCCCCC=Cc1cc(=O)n2[nH]c(-c3nccnc3C)c(C(=O)N3CC(CF)C3C)c2n1. The van der Waals surface area contributed by atoms with Crippen molar-refractivity contribution >= 4 is 17.6 Å². The van der Waals surface area contributed by atoms with E-state index < -0.39 is 6.67 Å². The van der Waals surface area contributed by atoms with E-state index in [4.69, 9.17) is 0 Å². The summed E-state index contributed by atoms with van der Waals surface area (Å²) in [4.78, 5) is 41.6. The monoisotopic (exact) mass is 480 g/mol. The van der Waals surface area contributed by atoms with E-state index in [2.05, 4.69) is 27.0 Å². The van der Waals surface area contributed by atoms with Crippen molar-refractivity contribution in [3.05, 3.63) is 51.8 Å². The van der Waals surface area contributed by atoms with Gasteiger partial charge in [0.15, 0.2) is 5.65 Å². The van der Waals surface area contributed by atoms with Crippen LogP contribution >= 0.6 is 0 Å². The molecule has 2 atom stereocenters. The average molecular weight is 481 g/mol. The molecule has 0 radical (unpaired) electrons. The number of alkyl halides is 1. The van der Waals surface area contributed by atoms with Gasteiger partial charge in [0.25, 0.3) is 11.5 Å². The molecule has 0 aliphatic carbocycles. The first-order valence-electron chi connectivity index (χ1n) is 12.4. The lowest BCUT2D eigenvalue weighted by Gasteiger charge is -2.45. The van der Waals surface area contributed by atoms with Crippen molar-refractivity contribution in [3.8, 4) is 11.4 Å². The molecule has 1 aliphatic heterocycles. The van der Waals surface area contributed by atoms with Crippen molar-refractivity contribution in [3.63, 3.8) is 0 Å². The molecule has 2 unspecified atom stereocenters. The molecule has 9 heteroatoms. The van der Waals surface area contributed by atoms with Gasteiger partial charge in [-0.15, -0.1) is 0 Å². The summed E-state index contributed by atoms with van der Waals surface area (Å²) in [6.07, 6.45) is 13.8. The number of halogens is 1. The molecule has 4 rings (SSSR count). The van der Waals surface area contributed by atoms with Crippen molar-refractivity contribution in [2.75, 3.05) is 13.2 Å². The number of carbonyl (C=O) groups is 1. The summed E-state index contributed by atoms with van der Waals surface area (Å²) in [5.41, 5.74) is 2.14. The fourth-order valence-electron chi connectivity index (χ4n) is 4.51. The van der Waals surface area contributed by atoms with Crippen LogP contribution in [0, 0.1) is 12.8 Å². The largest absolute Gasteiger partial charge is 0.335 e. The van der Waals surface area contributed by atoms with E-state index >= 15 is 0 Å². The van der Waals surface area contributed by atoms with Gasteiger partial charge >= 0.3 is 0 Å². The van der Waals surface area contributed by atoms with Crippen LogP contribution in [0.2, 0.25) is 0 Å². The molecule has 0 bridgehead atoms. The van der Waals surface area contributed by atoms with Gasteiger partial charge in [-0.25, -0.2) is 9.50 Å². The Morgan fingerprint density at radius 3 is 2.71 bits per heavy atom. The molecule has 1 aliphatic rings. The summed E-state index contributed by atoms with van der Waals surface area (Å²) in [6.45, 7) is 5.67. The Bertz CT molecular complexity index is 1280. The van der Waals surface area contributed by atoms with E-state index in [0.29, 0.717) is 29.3 Å². The maximum Gasteiger partial charge on any atom is 0.273 e. The van der Waals surface area contributed by atoms with Gasteiger partial charge in [0.1, 0.15) is 11.3 Å². The van der Waals surface area contributed by atoms with Crippen LogP contribution in [0.5, 0.6) is 0 Å². The summed E-state index contributed by atoms with van der Waals surface area (Å²) in [7, 11) is 0. The highest BCUT2D eigenvalue weighted by Crippen LogP contribution is 2.32. The average Bonchev–Trinajstić information content (AvgIpc) is 3.23. The minimum Gasteiger partial charge on any atom is -0.335 e. The Hall–Kier alpha value is -3.36. The smallest absolute Gasteiger partial charge is 0.273 e. The minimum atomic E-state index is -0.472. The number of aromatic amines is 1. The molecule has 3 aromatic rings. The van der Waals surface area contributed by atoms with Crippen LogP contribution in [0.1, 0.15) is 74.1 Å². The van der Waals surface area contributed by atoms with Crippen molar-refractivity contribution in [1.29, 1.82) is 0 Å². The van der Waals surface area contributed by atoms with E-state index in [1.807, 2.05) is 19.1 Å². The molecule has 1 saturated heterocycles. The molecule has 8 nitrogen and oxygen atoms in total. The van der Waals surface area contributed by atoms with E-state index in [0.717, 1.165) is 12.8 Å². The summed E-state index contributed by atoms with van der Waals surface area (Å²) in [6, 6.07) is 1.21. The molecule has 35 heavy (non-hydrogen) atoms. The van der Waals surface area contributed by atoms with E-state index in [1.165, 1.54) is 36.3 Å². The molecule has 0 saturated carbocycles. The lowest BCUT2D eigenvalue weighted by molar-refractivity contribution is 0.0142. The van der Waals surface area contributed by atoms with Gasteiger partial charge in [0.05, 0.1) is 23.8 Å². The number of hydrogen-bond acceptors (Lipinski definition) is 5. The van der Waals surface area contributed by atoms with Gasteiger partial charge in [-0.3, -0.25) is 29.0 Å². The van der Waals surface area contributed by atoms with Crippen LogP contribution in [0.3, 0.4) is 0 Å². The van der Waals surface area contributed by atoms with Crippen LogP contribution in [0.25, 0.3) is 23.1 Å². The molecule has 0 spiro atoms. The molecule has 0 aromatic carbocycles. The zero-order chi connectivity index (χ0) is 24.9. The van der Waals surface area contributed by atoms with Crippen molar-refractivity contribution < 1.29 is 9.18 Å². The van der Waals surface area contributed by atoms with Crippen LogP contribution in [-0.4, -0.2) is 54.6 Å². The third-order valence-electron chi connectivity index (χ3n) is 6.79. The first kappa shape index (κ1) is 24.8. The fraction of sp³-hybridized carbons (Fsp3) is 0.500. The number of amides is 1. The van der Waals surface area contributed by atoms with Gasteiger partial charge in [0.2, 0.25) is 0 Å². The van der Waals surface area contributed by atoms with E-state index in [-0.39, 0.29) is 34.6 Å². The summed E-state index contributed by atoms with van der Waals surface area (Å²) >= 11 is 0. The third-order valence-corrected chi connectivity index (χ3v) is 6.79. The number of nitrogens with one attached hydrogen (secondary N) is 1. The lowest BCUT2D eigenvalue weighted by Crippen LogP contribution is -2.58. The lowest BCUT2D eigenvalue weighted by atomic mass is 9.90. The van der Waals surface area contributed by atoms with Crippen LogP contribution in [0.15, 0.2) is 29.3 Å². The van der Waals surface area contributed by atoms with E-state index in [1.54, 1.807) is 24.2 Å². The second kappa shape index (κ2) is 10.9. The number of aryl methyl sites for hydroxylation is 1. The molecular weight excluding hydrogens is 447 g/mol. The summed E-state index contributed by atoms with van der Waals surface area (Å²) < 4.78 is 14.5. The summed E-state index contributed by atoms with van der Waals surface area (Å²) in [5.74, 6) is -0.484. The summed E-state index contributed by atoms with van der Waals surface area (Å²) in [5, 5.41) is 3.03. The predicted octanol–water partition coefficient (Wildman–Crippen LogP) is 4.59. The van der Waals surface area contributed by atoms with Crippen LogP contribution < -0.4 is 5.56 Å². The van der Waals surface area contributed by atoms with Gasteiger partial charge in [-0.05, 0) is 32.8 Å². The van der Waals surface area contributed by atoms with Crippen LogP contribution in [0.4, 0.5) is 4.39 Å². The third kappa shape index (κ3) is 5.04. The molecule has 1 N–H and O–H groups in total. The van der Waals surface area contributed by atoms with Gasteiger partial charge in [-0.2, -0.15) is 0 Å². The van der Waals surface area contributed by atoms with E-state index in [9.17, 15) is 14.0 Å². The van der Waals surface area contributed by atoms with Gasteiger partial charge in [0, 0.05) is 37.0 Å². The molecule has 1 fully saturated rings. The zero-order valence-electron chi connectivity index (χ0n) is 20.6. The first-order chi connectivity index (χ1) is 17.0. The Labute approximate surface area is 204 Å². The second-order valence-corrected chi connectivity index (χ2v) is 9.25. The second-order valence-electron chi connectivity index (χ2n) is 9.25. The quantitative estimate of drug-likeness (QED) is 0.428. The Morgan fingerprint density at radius 2 is 2.00 bits per heavy atom. The highest BCUT2D eigenvalue weighted by Gasteiger charge is 2.41. The van der Waals surface area contributed by atoms with Crippen molar-refractivity contribution in [1.82, 2.24) is 29.5 Å². The predicted molar refractivity (Wildman–Crippen MR) is 134 cm³/mol. The number of H-pyrrole nitrogens is 1. The molecular formula is C26H33FN6O2. The van der Waals surface area contributed by atoms with Gasteiger partial charge in [-0.1, -0.05) is 38.7 Å². The minimum absolute atomic E-state index is 0.183. The van der Waals surface area contributed by atoms with Gasteiger partial charge < -0.3 is 4.90 Å². The number of nitrogens with zero attached hydrogens (tertiary/aromatic N) is 5. The number of carbonyl (C=O) groups excluding carboxylic acids is 1. The van der Waals surface area contributed by atoms with Crippen molar-refractivity contribution in [2.45, 2.75) is 65.3 Å². The highest BCUT2D eigenvalue weighted by atomic mass is 19.1. The molecule has 4 heterocycles. The fourth-order valence-corrected chi connectivity index (χ4v) is 4.51. The standard InChI is InChI=1S/C26H33FN6O2/c1-4-5-6-7-8-9-10-11-20-14-21(34)33-25(30-20)22(26(35)32-16-19(15-27)18(32)3)24(31-33)23-17(2)28-12-13-29-23/h10-14,18-19,31H,4-9,15-16H2,1-3H3. The number of fused-ring (bicyclic) bond motifs is 1. The Morgan fingerprint density at radius 1 is 1.23 bits per heavy atom.